The Labute approximate surface area is 127 Å². The van der Waals surface area contributed by atoms with Crippen LogP contribution >= 0.6 is 0 Å². The molecule has 1 heterocycles. The molecule has 0 aliphatic carbocycles. The second-order valence-corrected chi connectivity index (χ2v) is 6.70. The smallest absolute Gasteiger partial charge is 0.123 e. The summed E-state index contributed by atoms with van der Waals surface area (Å²) in [5, 5.41) is 0. The van der Waals surface area contributed by atoms with Gasteiger partial charge in [-0.3, -0.25) is 16.2 Å². The van der Waals surface area contributed by atoms with Crippen molar-refractivity contribution in [1.82, 2.24) is 10.3 Å². The first-order valence-electron chi connectivity index (χ1n) is 7.91. The second-order valence-electron chi connectivity index (χ2n) is 6.70. The van der Waals surface area contributed by atoms with Crippen LogP contribution in [-0.4, -0.2) is 29.6 Å². The zero-order chi connectivity index (χ0) is 15.5. The van der Waals surface area contributed by atoms with Crippen LogP contribution in [0.3, 0.4) is 0 Å². The molecule has 1 aliphatic rings. The minimum absolute atomic E-state index is 0.0179. The van der Waals surface area contributed by atoms with Crippen LogP contribution in [0.4, 0.5) is 4.39 Å². The lowest BCUT2D eigenvalue weighted by Gasteiger charge is -2.46. The standard InChI is InChI=1S/C17H28FN3/c1-13-11-15(18)8-7-14(13)12-16(20-19)17(2,3)21-9-5-4-6-10-21/h7-8,11,16,20H,4-6,9-10,12,19H2,1-3H3. The van der Waals surface area contributed by atoms with Crippen LogP contribution in [0, 0.1) is 12.7 Å². The molecule has 3 N–H and O–H groups in total. The lowest BCUT2D eigenvalue weighted by Crippen LogP contribution is -2.61. The molecule has 1 saturated heterocycles. The fraction of sp³-hybridized carbons (Fsp3) is 0.647. The molecule has 1 aromatic rings. The Morgan fingerprint density at radius 2 is 1.95 bits per heavy atom. The number of nitrogens with two attached hydrogens (primary N) is 1. The topological polar surface area (TPSA) is 41.3 Å². The Bertz CT molecular complexity index is 467. The Morgan fingerprint density at radius 3 is 2.52 bits per heavy atom. The van der Waals surface area contributed by atoms with Gasteiger partial charge < -0.3 is 0 Å². The molecule has 1 atom stereocenters. The van der Waals surface area contributed by atoms with Crippen molar-refractivity contribution in [2.45, 2.75) is 58.0 Å². The second kappa shape index (κ2) is 6.86. The van der Waals surface area contributed by atoms with Crippen LogP contribution in [-0.2, 0) is 6.42 Å². The van der Waals surface area contributed by atoms with Crippen LogP contribution in [0.1, 0.15) is 44.2 Å². The highest BCUT2D eigenvalue weighted by Gasteiger charge is 2.35. The molecule has 0 radical (unpaired) electrons. The summed E-state index contributed by atoms with van der Waals surface area (Å²) in [5.41, 5.74) is 5.12. The van der Waals surface area contributed by atoms with Gasteiger partial charge in [0.05, 0.1) is 0 Å². The van der Waals surface area contributed by atoms with E-state index < -0.39 is 0 Å². The zero-order valence-corrected chi connectivity index (χ0v) is 13.5. The molecule has 1 aromatic carbocycles. The minimum Gasteiger partial charge on any atom is -0.297 e. The molecule has 2 rings (SSSR count). The van der Waals surface area contributed by atoms with Crippen molar-refractivity contribution < 1.29 is 4.39 Å². The first kappa shape index (κ1) is 16.4. The van der Waals surface area contributed by atoms with Crippen molar-refractivity contribution in [1.29, 1.82) is 0 Å². The van der Waals surface area contributed by atoms with E-state index in [1.807, 2.05) is 13.0 Å². The number of hydrazine groups is 1. The first-order chi connectivity index (χ1) is 9.95. The maximum atomic E-state index is 13.2. The molecule has 0 saturated carbocycles. The van der Waals surface area contributed by atoms with E-state index in [1.54, 1.807) is 6.07 Å². The van der Waals surface area contributed by atoms with Crippen molar-refractivity contribution in [3.8, 4) is 0 Å². The third-order valence-electron chi connectivity index (χ3n) is 4.95. The van der Waals surface area contributed by atoms with Crippen molar-refractivity contribution in [3.05, 3.63) is 35.1 Å². The number of hydrogen-bond donors (Lipinski definition) is 2. The number of halogens is 1. The van der Waals surface area contributed by atoms with Gasteiger partial charge in [0, 0.05) is 11.6 Å². The maximum absolute atomic E-state index is 13.2. The molecule has 0 spiro atoms. The fourth-order valence-corrected chi connectivity index (χ4v) is 3.31. The highest BCUT2D eigenvalue weighted by molar-refractivity contribution is 5.28. The van der Waals surface area contributed by atoms with Gasteiger partial charge >= 0.3 is 0 Å². The highest BCUT2D eigenvalue weighted by Crippen LogP contribution is 2.26. The van der Waals surface area contributed by atoms with Crippen molar-refractivity contribution in [2.24, 2.45) is 5.84 Å². The SMILES string of the molecule is Cc1cc(F)ccc1CC(NN)C(C)(C)N1CCCCC1. The largest absolute Gasteiger partial charge is 0.297 e. The number of rotatable bonds is 5. The van der Waals surface area contributed by atoms with Gasteiger partial charge in [-0.15, -0.1) is 0 Å². The molecule has 118 valence electrons. The molecule has 1 aliphatic heterocycles. The Kier molecular flexibility index (Phi) is 5.36. The lowest BCUT2D eigenvalue weighted by molar-refractivity contribution is 0.0610. The number of benzene rings is 1. The van der Waals surface area contributed by atoms with Crippen LogP contribution in [0.15, 0.2) is 18.2 Å². The average Bonchev–Trinajstić information content (AvgIpc) is 2.47. The Balaban J connectivity index is 2.14. The van der Waals surface area contributed by atoms with Crippen LogP contribution in [0.2, 0.25) is 0 Å². The summed E-state index contributed by atoms with van der Waals surface area (Å²) >= 11 is 0. The van der Waals surface area contributed by atoms with E-state index in [2.05, 4.69) is 24.2 Å². The third kappa shape index (κ3) is 3.82. The van der Waals surface area contributed by atoms with Gasteiger partial charge in [-0.05, 0) is 76.4 Å². The van der Waals surface area contributed by atoms with E-state index in [1.165, 1.54) is 25.3 Å². The van der Waals surface area contributed by atoms with E-state index in [4.69, 9.17) is 5.84 Å². The third-order valence-corrected chi connectivity index (χ3v) is 4.95. The normalized spacial score (nSPS) is 18.7. The Morgan fingerprint density at radius 1 is 1.29 bits per heavy atom. The van der Waals surface area contributed by atoms with Gasteiger partial charge in [-0.2, -0.15) is 0 Å². The lowest BCUT2D eigenvalue weighted by atomic mass is 9.85. The highest BCUT2D eigenvalue weighted by atomic mass is 19.1. The van der Waals surface area contributed by atoms with Gasteiger partial charge in [0.1, 0.15) is 5.82 Å². The fourth-order valence-electron chi connectivity index (χ4n) is 3.31. The summed E-state index contributed by atoms with van der Waals surface area (Å²) in [7, 11) is 0. The van der Waals surface area contributed by atoms with Gasteiger partial charge in [0.25, 0.3) is 0 Å². The van der Waals surface area contributed by atoms with Crippen molar-refractivity contribution in [3.63, 3.8) is 0 Å². The molecule has 0 bridgehead atoms. The number of nitrogens with zero attached hydrogens (tertiary/aromatic N) is 1. The van der Waals surface area contributed by atoms with E-state index in [-0.39, 0.29) is 17.4 Å². The van der Waals surface area contributed by atoms with E-state index in [0.29, 0.717) is 0 Å². The molecule has 1 fully saturated rings. The number of piperidine rings is 1. The number of likely N-dealkylation sites (tertiary alicyclic amines) is 1. The van der Waals surface area contributed by atoms with Gasteiger partial charge in [-0.25, -0.2) is 4.39 Å². The molecule has 1 unspecified atom stereocenters. The molecule has 3 nitrogen and oxygen atoms in total. The summed E-state index contributed by atoms with van der Waals surface area (Å²) < 4.78 is 13.2. The quantitative estimate of drug-likeness (QED) is 0.648. The van der Waals surface area contributed by atoms with Gasteiger partial charge in [0.2, 0.25) is 0 Å². The summed E-state index contributed by atoms with van der Waals surface area (Å²) in [4.78, 5) is 2.53. The number of nitrogens with one attached hydrogen (secondary N) is 1. The van der Waals surface area contributed by atoms with Crippen molar-refractivity contribution >= 4 is 0 Å². The summed E-state index contributed by atoms with van der Waals surface area (Å²) in [6.07, 6.45) is 4.66. The van der Waals surface area contributed by atoms with Crippen molar-refractivity contribution in [2.75, 3.05) is 13.1 Å². The predicted molar refractivity (Wildman–Crippen MR) is 85.5 cm³/mol. The molecule has 0 amide bonds. The Hall–Kier alpha value is -0.970. The summed E-state index contributed by atoms with van der Waals surface area (Å²) in [6.45, 7) is 8.73. The van der Waals surface area contributed by atoms with Crippen LogP contribution in [0.5, 0.6) is 0 Å². The first-order valence-corrected chi connectivity index (χ1v) is 7.91. The molecular formula is C17H28FN3. The zero-order valence-electron chi connectivity index (χ0n) is 13.5. The van der Waals surface area contributed by atoms with Crippen LogP contribution < -0.4 is 11.3 Å². The molecule has 4 heteroatoms. The van der Waals surface area contributed by atoms with E-state index in [0.717, 1.165) is 30.6 Å². The number of hydrogen-bond acceptors (Lipinski definition) is 3. The maximum Gasteiger partial charge on any atom is 0.123 e. The van der Waals surface area contributed by atoms with Crippen LogP contribution in [0.25, 0.3) is 0 Å². The van der Waals surface area contributed by atoms with Gasteiger partial charge in [-0.1, -0.05) is 12.5 Å². The minimum atomic E-state index is -0.177. The predicted octanol–water partition coefficient (Wildman–Crippen LogP) is 2.77. The number of aryl methyl sites for hydroxylation is 1. The molecular weight excluding hydrogens is 265 g/mol. The summed E-state index contributed by atoms with van der Waals surface area (Å²) in [5.74, 6) is 5.67. The molecule has 0 aromatic heterocycles. The van der Waals surface area contributed by atoms with E-state index >= 15 is 0 Å². The molecule has 21 heavy (non-hydrogen) atoms. The van der Waals surface area contributed by atoms with Gasteiger partial charge in [0.15, 0.2) is 0 Å². The monoisotopic (exact) mass is 293 g/mol. The summed E-state index contributed by atoms with van der Waals surface area (Å²) in [6, 6.07) is 5.14. The van der Waals surface area contributed by atoms with E-state index in [9.17, 15) is 4.39 Å². The average molecular weight is 293 g/mol.